The summed E-state index contributed by atoms with van der Waals surface area (Å²) in [4.78, 5) is 4.92. The molecular weight excluding hydrogens is 1100 g/mol. The zero-order chi connectivity index (χ0) is 60.2. The first-order valence-electron chi connectivity index (χ1n) is 31.2. The van der Waals surface area contributed by atoms with Crippen LogP contribution < -0.4 is 9.80 Å². The fraction of sp³-hybridized carbons (Fsp3) is 0. The van der Waals surface area contributed by atoms with Gasteiger partial charge in [0.25, 0.3) is 0 Å². The predicted octanol–water partition coefficient (Wildman–Crippen LogP) is 25.1. The Kier molecular flexibility index (Phi) is 13.2. The molecule has 0 aliphatic rings. The summed E-state index contributed by atoms with van der Waals surface area (Å²) in [5.41, 5.74) is 22.1. The van der Waals surface area contributed by atoms with Crippen molar-refractivity contribution < 1.29 is 4.42 Å². The number of hydrogen-bond donors (Lipinski definition) is 0. The van der Waals surface area contributed by atoms with Crippen LogP contribution in [0.2, 0.25) is 0 Å². The molecule has 91 heavy (non-hydrogen) atoms. The minimum absolute atomic E-state index is 0.898. The van der Waals surface area contributed by atoms with E-state index >= 15 is 0 Å². The van der Waals surface area contributed by atoms with Crippen molar-refractivity contribution in [3.63, 3.8) is 0 Å². The molecule has 0 spiro atoms. The van der Waals surface area contributed by atoms with Crippen LogP contribution in [0.1, 0.15) is 0 Å². The number of anilines is 6. The Balaban J connectivity index is 0.808. The van der Waals surface area contributed by atoms with Gasteiger partial charge in [-0.25, -0.2) is 0 Å². The van der Waals surface area contributed by atoms with Crippen LogP contribution in [0.25, 0.3) is 132 Å². The summed E-state index contributed by atoms with van der Waals surface area (Å²) in [6.45, 7) is 0. The topological polar surface area (TPSA) is 19.6 Å². The highest BCUT2D eigenvalue weighted by molar-refractivity contribution is 6.12. The lowest BCUT2D eigenvalue weighted by molar-refractivity contribution is 0.669. The van der Waals surface area contributed by atoms with Crippen molar-refractivity contribution in [1.82, 2.24) is 0 Å². The number of para-hydroxylation sites is 3. The molecule has 0 bridgehead atoms. The molecule has 3 heteroatoms. The van der Waals surface area contributed by atoms with Crippen molar-refractivity contribution in [1.29, 1.82) is 0 Å². The highest BCUT2D eigenvalue weighted by Gasteiger charge is 2.24. The second-order valence-electron chi connectivity index (χ2n) is 23.5. The van der Waals surface area contributed by atoms with Gasteiger partial charge in [-0.05, 0) is 172 Å². The molecule has 3 nitrogen and oxygen atoms in total. The summed E-state index contributed by atoms with van der Waals surface area (Å²) in [6, 6.07) is 128. The first kappa shape index (κ1) is 53.2. The second-order valence-corrected chi connectivity index (χ2v) is 23.5. The van der Waals surface area contributed by atoms with Gasteiger partial charge in [-0.2, -0.15) is 0 Å². The van der Waals surface area contributed by atoms with Gasteiger partial charge in [-0.1, -0.05) is 273 Å². The van der Waals surface area contributed by atoms with Gasteiger partial charge in [-0.15, -0.1) is 0 Å². The Hall–Kier alpha value is -12.0. The van der Waals surface area contributed by atoms with Gasteiger partial charge in [-0.3, -0.25) is 0 Å². The maximum Gasteiger partial charge on any atom is 0.136 e. The van der Waals surface area contributed by atoms with E-state index in [0.29, 0.717) is 0 Å². The zero-order valence-corrected chi connectivity index (χ0v) is 49.8. The molecule has 0 saturated carbocycles. The fourth-order valence-corrected chi connectivity index (χ4v) is 13.8. The summed E-state index contributed by atoms with van der Waals surface area (Å²) in [5.74, 6) is 0. The molecule has 0 amide bonds. The molecule has 0 unspecified atom stereocenters. The highest BCUT2D eigenvalue weighted by Crippen LogP contribution is 2.49. The van der Waals surface area contributed by atoms with Crippen molar-refractivity contribution in [2.24, 2.45) is 0 Å². The molecule has 17 rings (SSSR count). The van der Waals surface area contributed by atoms with E-state index in [4.69, 9.17) is 4.42 Å². The SMILES string of the molecule is c1ccc(-c2ccc(-c3ccccc3N(c3cccc(-c4ccccc4N(c4ccc(-c5cccc6ccccc56)cc4)c4ccc5c(ccc6cc(-c7ccc8c(c7)oc7ccccc78)ccc65)c4)c3)c3ccc(-c4ccccc4)c4ccccc34)cc2)cc1. The first-order chi connectivity index (χ1) is 45.1. The van der Waals surface area contributed by atoms with E-state index in [0.717, 1.165) is 100 Å². The number of benzene rings is 16. The quantitative estimate of drug-likeness (QED) is 0.114. The van der Waals surface area contributed by atoms with Gasteiger partial charge in [0.15, 0.2) is 0 Å². The van der Waals surface area contributed by atoms with Gasteiger partial charge >= 0.3 is 0 Å². The van der Waals surface area contributed by atoms with Crippen molar-refractivity contribution in [2.45, 2.75) is 0 Å². The summed E-state index contributed by atoms with van der Waals surface area (Å²) >= 11 is 0. The third-order valence-electron chi connectivity index (χ3n) is 18.3. The Morgan fingerprint density at radius 3 is 1.42 bits per heavy atom. The minimum Gasteiger partial charge on any atom is -0.456 e. The Labute approximate surface area is 528 Å². The van der Waals surface area contributed by atoms with Crippen LogP contribution in [0.3, 0.4) is 0 Å². The molecule has 1 aromatic heterocycles. The smallest absolute Gasteiger partial charge is 0.136 e. The van der Waals surface area contributed by atoms with Crippen molar-refractivity contribution in [2.75, 3.05) is 9.80 Å². The van der Waals surface area contributed by atoms with Gasteiger partial charge in [0, 0.05) is 44.3 Å². The van der Waals surface area contributed by atoms with E-state index < -0.39 is 0 Å². The minimum atomic E-state index is 0.898. The van der Waals surface area contributed by atoms with Gasteiger partial charge in [0.2, 0.25) is 0 Å². The molecular formula is C88H58N2O. The van der Waals surface area contributed by atoms with Crippen molar-refractivity contribution >= 4 is 99.2 Å². The maximum atomic E-state index is 6.33. The molecule has 17 aromatic rings. The van der Waals surface area contributed by atoms with Crippen molar-refractivity contribution in [3.05, 3.63) is 352 Å². The number of rotatable bonds is 12. The summed E-state index contributed by atoms with van der Waals surface area (Å²) in [5, 5.41) is 11.8. The zero-order valence-electron chi connectivity index (χ0n) is 49.8. The third-order valence-corrected chi connectivity index (χ3v) is 18.3. The number of hydrogen-bond acceptors (Lipinski definition) is 3. The average molecular weight is 1160 g/mol. The van der Waals surface area contributed by atoms with E-state index in [1.54, 1.807) is 0 Å². The summed E-state index contributed by atoms with van der Waals surface area (Å²) in [7, 11) is 0. The highest BCUT2D eigenvalue weighted by atomic mass is 16.3. The van der Waals surface area contributed by atoms with Crippen molar-refractivity contribution in [3.8, 4) is 66.8 Å². The van der Waals surface area contributed by atoms with E-state index in [2.05, 4.69) is 350 Å². The molecule has 1 heterocycles. The molecule has 0 aliphatic heterocycles. The first-order valence-corrected chi connectivity index (χ1v) is 31.2. The largest absolute Gasteiger partial charge is 0.456 e. The molecule has 0 saturated heterocycles. The van der Waals surface area contributed by atoms with Crippen LogP contribution in [0.4, 0.5) is 34.1 Å². The second kappa shape index (κ2) is 22.6. The molecule has 0 radical (unpaired) electrons. The summed E-state index contributed by atoms with van der Waals surface area (Å²) in [6.07, 6.45) is 0. The Bertz CT molecular complexity index is 5590. The lowest BCUT2D eigenvalue weighted by Crippen LogP contribution is -2.13. The monoisotopic (exact) mass is 1160 g/mol. The Morgan fingerprint density at radius 1 is 0.176 bits per heavy atom. The molecule has 16 aromatic carbocycles. The van der Waals surface area contributed by atoms with Crippen LogP contribution in [0.5, 0.6) is 0 Å². The molecule has 0 atom stereocenters. The van der Waals surface area contributed by atoms with Gasteiger partial charge in [0.1, 0.15) is 11.2 Å². The van der Waals surface area contributed by atoms with Gasteiger partial charge in [0.05, 0.1) is 17.1 Å². The number of furan rings is 1. The van der Waals surface area contributed by atoms with Crippen LogP contribution in [0.15, 0.2) is 356 Å². The standard InChI is InChI=1S/C88H58N2O/c1-3-19-59(20-4-1)60-37-39-64(40-38-60)78-28-11-15-35-85(78)90(86-54-53-75(61-21-5-2-6-22-61)80-30-9-10-31-81(80)86)71-26-17-25-67(56-71)79-29-12-14-34-84(79)89(70-47-43-63(44-48-70)74-33-18-24-62-23-7-8-27-73(62)74)72-49-52-77-69(57-72)42-41-68-55-65(45-50-76(68)77)66-46-51-83-82-32-13-16-36-87(82)91-88(83)58-66/h1-58H. The predicted molar refractivity (Wildman–Crippen MR) is 386 cm³/mol. The fourth-order valence-electron chi connectivity index (χ4n) is 13.8. The molecule has 0 fully saturated rings. The third kappa shape index (κ3) is 9.64. The molecule has 0 aliphatic carbocycles. The van der Waals surface area contributed by atoms with E-state index in [-0.39, 0.29) is 0 Å². The van der Waals surface area contributed by atoms with Crippen LogP contribution in [-0.2, 0) is 0 Å². The lowest BCUT2D eigenvalue weighted by Gasteiger charge is -2.31. The lowest BCUT2D eigenvalue weighted by atomic mass is 9.94. The van der Waals surface area contributed by atoms with Crippen LogP contribution in [-0.4, -0.2) is 0 Å². The average Bonchev–Trinajstić information content (AvgIpc) is 1.85. The van der Waals surface area contributed by atoms with Crippen LogP contribution >= 0.6 is 0 Å². The number of fused-ring (bicyclic) bond motifs is 8. The van der Waals surface area contributed by atoms with E-state index in [9.17, 15) is 0 Å². The Morgan fingerprint density at radius 2 is 0.637 bits per heavy atom. The molecule has 0 N–H and O–H groups in total. The maximum absolute atomic E-state index is 6.33. The normalized spacial score (nSPS) is 11.5. The molecule has 426 valence electrons. The number of nitrogens with zero attached hydrogens (tertiary/aromatic N) is 2. The van der Waals surface area contributed by atoms with Crippen LogP contribution in [0, 0.1) is 0 Å². The van der Waals surface area contributed by atoms with Gasteiger partial charge < -0.3 is 14.2 Å². The summed E-state index contributed by atoms with van der Waals surface area (Å²) < 4.78 is 6.33. The van der Waals surface area contributed by atoms with E-state index in [1.807, 2.05) is 12.1 Å². The van der Waals surface area contributed by atoms with E-state index in [1.165, 1.54) is 65.7 Å².